The molecular formula is C22H32N6O3. The number of guanidine groups is 1. The topological polar surface area (TPSA) is 110 Å². The summed E-state index contributed by atoms with van der Waals surface area (Å²) in [5, 5.41) is 11.7. The second-order valence-corrected chi connectivity index (χ2v) is 7.57. The van der Waals surface area contributed by atoms with Gasteiger partial charge in [0.2, 0.25) is 5.89 Å². The minimum absolute atomic E-state index is 0.264. The predicted octanol–water partition coefficient (Wildman–Crippen LogP) is 3.03. The van der Waals surface area contributed by atoms with Crippen LogP contribution in [-0.2, 0) is 12.8 Å². The summed E-state index contributed by atoms with van der Waals surface area (Å²) in [5.41, 5.74) is 2.17. The van der Waals surface area contributed by atoms with E-state index in [4.69, 9.17) is 14.0 Å². The summed E-state index contributed by atoms with van der Waals surface area (Å²) < 4.78 is 16.1. The highest BCUT2D eigenvalue weighted by molar-refractivity contribution is 5.88. The van der Waals surface area contributed by atoms with E-state index in [1.54, 1.807) is 21.3 Å². The minimum Gasteiger partial charge on any atom is -0.497 e. The van der Waals surface area contributed by atoms with E-state index in [0.717, 1.165) is 59.3 Å². The van der Waals surface area contributed by atoms with Crippen LogP contribution < -0.4 is 20.1 Å². The molecule has 0 fully saturated rings. The summed E-state index contributed by atoms with van der Waals surface area (Å²) in [6.07, 6.45) is 2.51. The van der Waals surface area contributed by atoms with Crippen molar-refractivity contribution in [3.8, 4) is 11.5 Å². The maximum atomic E-state index is 5.49. The Hall–Kier alpha value is -3.23. The molecule has 31 heavy (non-hydrogen) atoms. The van der Waals surface area contributed by atoms with Gasteiger partial charge in [-0.05, 0) is 18.9 Å². The number of aromatic nitrogens is 3. The van der Waals surface area contributed by atoms with Gasteiger partial charge in [0.1, 0.15) is 11.5 Å². The van der Waals surface area contributed by atoms with E-state index >= 15 is 0 Å². The molecule has 9 heteroatoms. The third-order valence-electron chi connectivity index (χ3n) is 4.96. The first kappa shape index (κ1) is 22.5. The fourth-order valence-electron chi connectivity index (χ4n) is 3.26. The third-order valence-corrected chi connectivity index (χ3v) is 4.96. The number of fused-ring (bicyclic) bond motifs is 1. The second kappa shape index (κ2) is 10.7. The molecule has 168 valence electrons. The maximum absolute atomic E-state index is 5.49. The van der Waals surface area contributed by atoms with Gasteiger partial charge in [-0.25, -0.2) is 0 Å². The Morgan fingerprint density at radius 1 is 1.13 bits per heavy atom. The van der Waals surface area contributed by atoms with Crippen molar-refractivity contribution < 1.29 is 14.0 Å². The molecule has 0 spiro atoms. The molecule has 0 saturated carbocycles. The van der Waals surface area contributed by atoms with E-state index in [1.165, 1.54) is 0 Å². The first-order valence-corrected chi connectivity index (χ1v) is 10.5. The number of benzene rings is 1. The zero-order valence-electron chi connectivity index (χ0n) is 18.9. The van der Waals surface area contributed by atoms with Crippen molar-refractivity contribution in [1.29, 1.82) is 0 Å². The van der Waals surface area contributed by atoms with Gasteiger partial charge in [0.25, 0.3) is 0 Å². The number of aliphatic imine (C=N–C) groups is 1. The van der Waals surface area contributed by atoms with Gasteiger partial charge in [-0.15, -0.1) is 0 Å². The van der Waals surface area contributed by atoms with Crippen LogP contribution in [0, 0.1) is 0 Å². The number of nitrogens with one attached hydrogen (secondary N) is 3. The molecule has 0 atom stereocenters. The van der Waals surface area contributed by atoms with Gasteiger partial charge in [0.15, 0.2) is 11.8 Å². The average Bonchev–Trinajstić information content (AvgIpc) is 3.41. The normalized spacial score (nSPS) is 11.9. The molecular weight excluding hydrogens is 396 g/mol. The molecule has 9 nitrogen and oxygen atoms in total. The lowest BCUT2D eigenvalue weighted by atomic mass is 10.2. The summed E-state index contributed by atoms with van der Waals surface area (Å²) in [4.78, 5) is 12.1. The number of nitrogens with zero attached hydrogens (tertiary/aromatic N) is 3. The molecule has 0 amide bonds. The summed E-state index contributed by atoms with van der Waals surface area (Å²) in [6, 6.07) is 6.02. The lowest BCUT2D eigenvalue weighted by Crippen LogP contribution is -2.38. The zero-order chi connectivity index (χ0) is 22.2. The van der Waals surface area contributed by atoms with Gasteiger partial charge >= 0.3 is 0 Å². The Morgan fingerprint density at radius 3 is 2.61 bits per heavy atom. The number of hydrogen-bond donors (Lipinski definition) is 3. The molecule has 3 N–H and O–H groups in total. The Labute approximate surface area is 182 Å². The van der Waals surface area contributed by atoms with Crippen LogP contribution in [0.15, 0.2) is 27.7 Å². The lowest BCUT2D eigenvalue weighted by molar-refractivity contribution is 0.371. The van der Waals surface area contributed by atoms with E-state index in [2.05, 4.69) is 36.8 Å². The Balaban J connectivity index is 1.43. The summed E-state index contributed by atoms with van der Waals surface area (Å²) in [5.74, 6) is 3.98. The van der Waals surface area contributed by atoms with Crippen molar-refractivity contribution in [2.45, 2.75) is 39.0 Å². The molecule has 0 saturated heterocycles. The predicted molar refractivity (Wildman–Crippen MR) is 121 cm³/mol. The number of H-pyrrole nitrogens is 1. The van der Waals surface area contributed by atoms with Gasteiger partial charge in [-0.2, -0.15) is 4.98 Å². The van der Waals surface area contributed by atoms with E-state index in [9.17, 15) is 0 Å². The molecule has 0 radical (unpaired) electrons. The molecule has 3 aromatic rings. The Morgan fingerprint density at radius 2 is 1.94 bits per heavy atom. The highest BCUT2D eigenvalue weighted by Crippen LogP contribution is 2.31. The smallest absolute Gasteiger partial charge is 0.228 e. The van der Waals surface area contributed by atoms with Crippen molar-refractivity contribution in [3.63, 3.8) is 0 Å². The quantitative estimate of drug-likeness (QED) is 0.259. The van der Waals surface area contributed by atoms with Crippen LogP contribution in [-0.4, -0.2) is 55.4 Å². The van der Waals surface area contributed by atoms with Crippen LogP contribution in [0.3, 0.4) is 0 Å². The molecule has 0 aliphatic carbocycles. The average molecular weight is 429 g/mol. The fourth-order valence-corrected chi connectivity index (χ4v) is 3.26. The highest BCUT2D eigenvalue weighted by atomic mass is 16.5. The SMILES string of the molecule is CN=C(NCCCc1cc2c(OC)cc(OC)cc2[nH]1)NCCc1nc(C(C)C)no1. The number of ether oxygens (including phenoxy) is 2. The van der Waals surface area contributed by atoms with E-state index in [0.29, 0.717) is 18.9 Å². The van der Waals surface area contributed by atoms with Crippen molar-refractivity contribution in [3.05, 3.63) is 35.6 Å². The molecule has 0 aliphatic heterocycles. The van der Waals surface area contributed by atoms with Gasteiger partial charge < -0.3 is 29.6 Å². The van der Waals surface area contributed by atoms with Crippen molar-refractivity contribution in [1.82, 2.24) is 25.8 Å². The largest absolute Gasteiger partial charge is 0.497 e. The van der Waals surface area contributed by atoms with Crippen LogP contribution in [0.1, 0.15) is 43.6 Å². The summed E-state index contributed by atoms with van der Waals surface area (Å²) in [7, 11) is 5.09. The van der Waals surface area contributed by atoms with Crippen molar-refractivity contribution in [2.24, 2.45) is 4.99 Å². The third kappa shape index (κ3) is 5.90. The molecule has 0 bridgehead atoms. The number of methoxy groups -OCH3 is 2. The first-order chi connectivity index (χ1) is 15.0. The van der Waals surface area contributed by atoms with E-state index < -0.39 is 0 Å². The fraction of sp³-hybridized carbons (Fsp3) is 0.500. The number of aryl methyl sites for hydroxylation is 1. The van der Waals surface area contributed by atoms with Crippen LogP contribution >= 0.6 is 0 Å². The van der Waals surface area contributed by atoms with Crippen LogP contribution in [0.25, 0.3) is 10.9 Å². The zero-order valence-corrected chi connectivity index (χ0v) is 18.9. The summed E-state index contributed by atoms with van der Waals surface area (Å²) in [6.45, 7) is 5.56. The Kier molecular flexibility index (Phi) is 7.75. The van der Waals surface area contributed by atoms with Gasteiger partial charge in [0.05, 0.1) is 19.7 Å². The Bertz CT molecular complexity index is 1010. The molecule has 0 aliphatic rings. The molecule has 2 heterocycles. The molecule has 0 unspecified atom stereocenters. The van der Waals surface area contributed by atoms with Crippen LogP contribution in [0.2, 0.25) is 0 Å². The van der Waals surface area contributed by atoms with Gasteiger partial charge in [-0.1, -0.05) is 19.0 Å². The number of hydrogen-bond acceptors (Lipinski definition) is 6. The highest BCUT2D eigenvalue weighted by Gasteiger charge is 2.10. The standard InChI is InChI=1S/C22H32N6O3/c1-14(2)21-27-20(31-28-21)8-10-25-22(23-3)24-9-6-7-15-11-17-18(26-15)12-16(29-4)13-19(17)30-5/h11-14,26H,6-10H2,1-5H3,(H2,23,24,25). The molecule has 1 aromatic carbocycles. The monoisotopic (exact) mass is 428 g/mol. The van der Waals surface area contributed by atoms with Crippen LogP contribution in [0.4, 0.5) is 0 Å². The molecule has 2 aromatic heterocycles. The van der Waals surface area contributed by atoms with E-state index in [-0.39, 0.29) is 5.92 Å². The molecule has 3 rings (SSSR count). The summed E-state index contributed by atoms with van der Waals surface area (Å²) >= 11 is 0. The van der Waals surface area contributed by atoms with Crippen molar-refractivity contribution >= 4 is 16.9 Å². The number of aromatic amines is 1. The first-order valence-electron chi connectivity index (χ1n) is 10.5. The van der Waals surface area contributed by atoms with Gasteiger partial charge in [0, 0.05) is 55.7 Å². The number of rotatable bonds is 10. The van der Waals surface area contributed by atoms with Crippen molar-refractivity contribution in [2.75, 3.05) is 34.4 Å². The minimum atomic E-state index is 0.264. The van der Waals surface area contributed by atoms with Gasteiger partial charge in [-0.3, -0.25) is 4.99 Å². The maximum Gasteiger partial charge on any atom is 0.228 e. The lowest BCUT2D eigenvalue weighted by Gasteiger charge is -2.10. The van der Waals surface area contributed by atoms with E-state index in [1.807, 2.05) is 26.0 Å². The van der Waals surface area contributed by atoms with Crippen LogP contribution in [0.5, 0.6) is 11.5 Å². The second-order valence-electron chi connectivity index (χ2n) is 7.57.